The SMILES string of the molecule is [C-]#[N+]C1=C(C)N(c2cccc(C(F)(F)F)c2)C(=O)N[C@@H]1c1ccc(C#N)cc1S(=O)(=O)CC1CCCNC1=O. The maximum Gasteiger partial charge on any atom is 0.416 e. The quantitative estimate of drug-likeness (QED) is 0.531. The molecular formula is C26H22F3N5O4S. The lowest BCUT2D eigenvalue weighted by Gasteiger charge is -2.35. The predicted molar refractivity (Wildman–Crippen MR) is 133 cm³/mol. The van der Waals surface area contributed by atoms with Gasteiger partial charge >= 0.3 is 12.2 Å². The lowest BCUT2D eigenvalue weighted by Crippen LogP contribution is -2.46. The van der Waals surface area contributed by atoms with E-state index >= 15 is 0 Å². The molecule has 2 aliphatic rings. The van der Waals surface area contributed by atoms with Gasteiger partial charge in [-0.1, -0.05) is 12.1 Å². The molecule has 2 heterocycles. The van der Waals surface area contributed by atoms with Crippen LogP contribution in [-0.4, -0.2) is 32.7 Å². The summed E-state index contributed by atoms with van der Waals surface area (Å²) in [6.07, 6.45) is -3.70. The van der Waals surface area contributed by atoms with Crippen molar-refractivity contribution >= 4 is 27.5 Å². The number of hydrogen-bond donors (Lipinski definition) is 2. The molecule has 39 heavy (non-hydrogen) atoms. The minimum absolute atomic E-state index is 0.00705. The van der Waals surface area contributed by atoms with Crippen molar-refractivity contribution in [3.8, 4) is 6.07 Å². The van der Waals surface area contributed by atoms with E-state index in [9.17, 15) is 36.4 Å². The Morgan fingerprint density at radius 3 is 2.59 bits per heavy atom. The summed E-state index contributed by atoms with van der Waals surface area (Å²) < 4.78 is 66.9. The first-order chi connectivity index (χ1) is 18.4. The number of rotatable bonds is 5. The number of anilines is 1. The fraction of sp³-hybridized carbons (Fsp3) is 0.308. The number of allylic oxidation sites excluding steroid dienone is 1. The number of carbonyl (C=O) groups excluding carboxylic acids is 2. The van der Waals surface area contributed by atoms with Crippen LogP contribution in [-0.2, 0) is 20.8 Å². The highest BCUT2D eigenvalue weighted by atomic mass is 32.2. The van der Waals surface area contributed by atoms with Crippen molar-refractivity contribution in [2.24, 2.45) is 5.92 Å². The third kappa shape index (κ3) is 5.45. The molecule has 4 rings (SSSR count). The fourth-order valence-electron chi connectivity index (χ4n) is 4.70. The van der Waals surface area contributed by atoms with Crippen LogP contribution in [0, 0.1) is 23.8 Å². The molecule has 13 heteroatoms. The highest BCUT2D eigenvalue weighted by molar-refractivity contribution is 7.91. The second-order valence-electron chi connectivity index (χ2n) is 9.12. The van der Waals surface area contributed by atoms with Crippen LogP contribution in [0.25, 0.3) is 4.85 Å². The molecule has 2 aromatic carbocycles. The standard InChI is InChI=1S/C26H22F3N5O4S/c1-15-22(31-2)23(33-25(36)34(15)19-7-3-6-18(12-19)26(27,28)29)20-9-8-16(13-30)11-21(20)39(37,38)14-17-5-4-10-32-24(17)35/h3,6-9,11-12,17,23H,4-5,10,14H2,1H3,(H,32,35)(H,33,36)/t17?,23-/m1/s1. The summed E-state index contributed by atoms with van der Waals surface area (Å²) in [7, 11) is -4.19. The first-order valence-corrected chi connectivity index (χ1v) is 13.4. The Labute approximate surface area is 222 Å². The van der Waals surface area contributed by atoms with Crippen LogP contribution in [0.2, 0.25) is 0 Å². The van der Waals surface area contributed by atoms with Gasteiger partial charge in [0.05, 0.1) is 46.4 Å². The highest BCUT2D eigenvalue weighted by Crippen LogP contribution is 2.39. The number of nitrogens with one attached hydrogen (secondary N) is 2. The number of halogens is 3. The molecule has 2 aromatic rings. The van der Waals surface area contributed by atoms with Crippen LogP contribution in [0.1, 0.15) is 42.5 Å². The molecule has 2 atom stereocenters. The van der Waals surface area contributed by atoms with Crippen LogP contribution < -0.4 is 15.5 Å². The molecule has 9 nitrogen and oxygen atoms in total. The summed E-state index contributed by atoms with van der Waals surface area (Å²) in [5.41, 5.74) is -1.20. The first kappa shape index (κ1) is 27.7. The molecule has 0 saturated carbocycles. The Morgan fingerprint density at radius 1 is 1.21 bits per heavy atom. The van der Waals surface area contributed by atoms with Gasteiger partial charge in [0, 0.05) is 17.9 Å². The topological polar surface area (TPSA) is 124 Å². The van der Waals surface area contributed by atoms with Crippen molar-refractivity contribution in [2.45, 2.75) is 36.9 Å². The van der Waals surface area contributed by atoms with Gasteiger partial charge in [-0.25, -0.2) is 18.1 Å². The van der Waals surface area contributed by atoms with Gasteiger partial charge in [0.25, 0.3) is 0 Å². The highest BCUT2D eigenvalue weighted by Gasteiger charge is 2.39. The van der Waals surface area contributed by atoms with E-state index in [1.165, 1.54) is 25.1 Å². The van der Waals surface area contributed by atoms with Crippen molar-refractivity contribution in [1.29, 1.82) is 5.26 Å². The lowest BCUT2D eigenvalue weighted by molar-refractivity contribution is -0.137. The number of nitrogens with zero attached hydrogens (tertiary/aromatic N) is 3. The van der Waals surface area contributed by atoms with E-state index in [1.54, 1.807) is 0 Å². The molecular weight excluding hydrogens is 535 g/mol. The second kappa shape index (κ2) is 10.4. The van der Waals surface area contributed by atoms with Gasteiger partial charge in [0.2, 0.25) is 11.6 Å². The molecule has 0 spiro atoms. The van der Waals surface area contributed by atoms with Gasteiger partial charge in [-0.2, -0.15) is 18.4 Å². The zero-order valence-corrected chi connectivity index (χ0v) is 21.4. The Hall–Kier alpha value is -4.36. The van der Waals surface area contributed by atoms with E-state index < -0.39 is 51.2 Å². The number of piperidine rings is 1. The zero-order valence-electron chi connectivity index (χ0n) is 20.5. The Kier molecular flexibility index (Phi) is 7.39. The average Bonchev–Trinajstić information content (AvgIpc) is 2.89. The minimum atomic E-state index is -4.66. The summed E-state index contributed by atoms with van der Waals surface area (Å²) >= 11 is 0. The molecule has 2 aliphatic heterocycles. The Balaban J connectivity index is 1.81. The fourth-order valence-corrected chi connectivity index (χ4v) is 6.57. The summed E-state index contributed by atoms with van der Waals surface area (Å²) in [5.74, 6) is -1.74. The average molecular weight is 558 g/mol. The number of hydrogen-bond acceptors (Lipinski definition) is 5. The van der Waals surface area contributed by atoms with E-state index in [0.29, 0.717) is 19.4 Å². The van der Waals surface area contributed by atoms with Crippen molar-refractivity contribution in [3.05, 3.63) is 82.0 Å². The summed E-state index contributed by atoms with van der Waals surface area (Å²) in [4.78, 5) is 29.5. The molecule has 1 unspecified atom stereocenters. The molecule has 0 radical (unpaired) electrons. The Bertz CT molecular complexity index is 1570. The van der Waals surface area contributed by atoms with Crippen LogP contribution in [0.15, 0.2) is 58.8 Å². The van der Waals surface area contributed by atoms with E-state index in [4.69, 9.17) is 6.57 Å². The van der Waals surface area contributed by atoms with Crippen LogP contribution in [0.3, 0.4) is 0 Å². The molecule has 202 valence electrons. The lowest BCUT2D eigenvalue weighted by atomic mass is 9.99. The van der Waals surface area contributed by atoms with E-state index in [0.717, 1.165) is 29.2 Å². The largest absolute Gasteiger partial charge is 0.416 e. The van der Waals surface area contributed by atoms with Crippen LogP contribution in [0.5, 0.6) is 0 Å². The third-order valence-corrected chi connectivity index (χ3v) is 8.48. The van der Waals surface area contributed by atoms with E-state index in [2.05, 4.69) is 15.5 Å². The number of carbonyl (C=O) groups is 2. The van der Waals surface area contributed by atoms with E-state index in [1.807, 2.05) is 6.07 Å². The van der Waals surface area contributed by atoms with Crippen molar-refractivity contribution in [3.63, 3.8) is 0 Å². The monoisotopic (exact) mass is 557 g/mol. The molecule has 1 saturated heterocycles. The predicted octanol–water partition coefficient (Wildman–Crippen LogP) is 4.30. The number of nitriles is 1. The van der Waals surface area contributed by atoms with Gasteiger partial charge in [-0.3, -0.25) is 9.69 Å². The first-order valence-electron chi connectivity index (χ1n) is 11.8. The Morgan fingerprint density at radius 2 is 1.95 bits per heavy atom. The number of urea groups is 1. The van der Waals surface area contributed by atoms with Gasteiger partial charge in [-0.15, -0.1) is 0 Å². The zero-order chi connectivity index (χ0) is 28.5. The molecule has 0 bridgehead atoms. The maximum atomic E-state index is 13.5. The van der Waals surface area contributed by atoms with Gasteiger partial charge in [0.15, 0.2) is 9.84 Å². The number of benzene rings is 2. The number of amides is 3. The summed E-state index contributed by atoms with van der Waals surface area (Å²) in [5, 5.41) is 14.6. The molecule has 1 fully saturated rings. The van der Waals surface area contributed by atoms with Gasteiger partial charge in [-0.05, 0) is 55.7 Å². The normalized spacial score (nSPS) is 20.1. The maximum absolute atomic E-state index is 13.5. The van der Waals surface area contributed by atoms with Crippen LogP contribution >= 0.6 is 0 Å². The van der Waals surface area contributed by atoms with Crippen molar-refractivity contribution < 1.29 is 31.2 Å². The summed E-state index contributed by atoms with van der Waals surface area (Å²) in [6.45, 7) is 9.58. The summed E-state index contributed by atoms with van der Waals surface area (Å²) in [6, 6.07) is 7.56. The molecule has 2 N–H and O–H groups in total. The van der Waals surface area contributed by atoms with Crippen LogP contribution in [0.4, 0.5) is 23.7 Å². The van der Waals surface area contributed by atoms with E-state index in [-0.39, 0.29) is 33.1 Å². The number of sulfone groups is 1. The van der Waals surface area contributed by atoms with Crippen molar-refractivity contribution in [1.82, 2.24) is 10.6 Å². The van der Waals surface area contributed by atoms with Gasteiger partial charge in [0.1, 0.15) is 0 Å². The minimum Gasteiger partial charge on any atom is -0.356 e. The number of alkyl halides is 3. The van der Waals surface area contributed by atoms with Gasteiger partial charge < -0.3 is 10.6 Å². The second-order valence-corrected chi connectivity index (χ2v) is 11.1. The molecule has 3 amide bonds. The molecule has 0 aromatic heterocycles. The van der Waals surface area contributed by atoms with Crippen molar-refractivity contribution in [2.75, 3.05) is 17.2 Å². The third-order valence-electron chi connectivity index (χ3n) is 6.61. The smallest absolute Gasteiger partial charge is 0.356 e. The molecule has 0 aliphatic carbocycles.